The Hall–Kier alpha value is -4.21. The Morgan fingerprint density at radius 2 is 1.91 bits per heavy atom. The minimum Gasteiger partial charge on any atom is -0.493 e. The molecule has 1 N–H and O–H groups in total. The first-order valence-corrected chi connectivity index (χ1v) is 10.6. The summed E-state index contributed by atoms with van der Waals surface area (Å²) in [7, 11) is 3.14. The molecule has 3 aromatic heterocycles. The van der Waals surface area contributed by atoms with Crippen molar-refractivity contribution < 1.29 is 18.8 Å². The van der Waals surface area contributed by atoms with Crippen LogP contribution in [-0.4, -0.2) is 44.8 Å². The zero-order valence-corrected chi connectivity index (χ0v) is 19.7. The second-order valence-corrected chi connectivity index (χ2v) is 8.59. The van der Waals surface area contributed by atoms with Crippen LogP contribution in [0.3, 0.4) is 0 Å². The fraction of sp³-hybridized carbons (Fsp3) is 0.292. The summed E-state index contributed by atoms with van der Waals surface area (Å²) in [5.41, 5.74) is 1.50. The van der Waals surface area contributed by atoms with E-state index in [2.05, 4.69) is 25.4 Å². The van der Waals surface area contributed by atoms with Gasteiger partial charge in [0.2, 0.25) is 0 Å². The highest BCUT2D eigenvalue weighted by Crippen LogP contribution is 2.28. The summed E-state index contributed by atoms with van der Waals surface area (Å²) in [5.74, 6) is 2.37. The van der Waals surface area contributed by atoms with Crippen LogP contribution < -0.4 is 14.8 Å². The molecule has 10 heteroatoms. The summed E-state index contributed by atoms with van der Waals surface area (Å²) in [5, 5.41) is 6.95. The fourth-order valence-corrected chi connectivity index (χ4v) is 3.23. The number of carbonyl (C=O) groups excluding carboxylic acids is 1. The van der Waals surface area contributed by atoms with Gasteiger partial charge < -0.3 is 19.3 Å². The monoisotopic (exact) mass is 462 g/mol. The molecule has 0 aliphatic heterocycles. The van der Waals surface area contributed by atoms with Crippen molar-refractivity contribution in [3.05, 3.63) is 66.1 Å². The zero-order valence-electron chi connectivity index (χ0n) is 19.7. The van der Waals surface area contributed by atoms with Gasteiger partial charge in [-0.25, -0.2) is 9.97 Å². The lowest BCUT2D eigenvalue weighted by molar-refractivity contribution is 0.0946. The van der Waals surface area contributed by atoms with Crippen molar-refractivity contribution in [1.82, 2.24) is 30.0 Å². The molecule has 0 saturated heterocycles. The van der Waals surface area contributed by atoms with Gasteiger partial charge in [0.25, 0.3) is 11.8 Å². The lowest BCUT2D eigenvalue weighted by Gasteiger charge is -2.11. The number of pyridine rings is 1. The predicted octanol–water partition coefficient (Wildman–Crippen LogP) is 3.56. The third kappa shape index (κ3) is 4.75. The minimum absolute atomic E-state index is 0.248. The van der Waals surface area contributed by atoms with Crippen LogP contribution in [-0.2, 0) is 12.0 Å². The van der Waals surface area contributed by atoms with Gasteiger partial charge in [0.1, 0.15) is 12.0 Å². The van der Waals surface area contributed by atoms with E-state index < -0.39 is 0 Å². The number of hydrogen-bond acceptors (Lipinski definition) is 8. The number of carbonyl (C=O) groups is 1. The molecule has 3 heterocycles. The molecule has 1 amide bonds. The quantitative estimate of drug-likeness (QED) is 0.443. The summed E-state index contributed by atoms with van der Waals surface area (Å²) in [6, 6.07) is 9.08. The van der Waals surface area contributed by atoms with Gasteiger partial charge in [0.15, 0.2) is 23.1 Å². The number of nitrogens with zero attached hydrogens (tertiary/aromatic N) is 5. The van der Waals surface area contributed by atoms with E-state index in [1.807, 2.05) is 39.0 Å². The number of hydrogen-bond donors (Lipinski definition) is 1. The van der Waals surface area contributed by atoms with Gasteiger partial charge in [-0.05, 0) is 29.8 Å². The molecule has 0 aliphatic carbocycles. The summed E-state index contributed by atoms with van der Waals surface area (Å²) in [6.45, 7) is 6.33. The molecule has 0 fully saturated rings. The molecule has 0 radical (unpaired) electrons. The minimum atomic E-state index is -0.321. The third-order valence-corrected chi connectivity index (χ3v) is 5.07. The molecule has 4 aromatic rings. The smallest absolute Gasteiger partial charge is 0.271 e. The lowest BCUT2D eigenvalue weighted by Crippen LogP contribution is -2.23. The number of nitrogens with one attached hydrogen (secondary N) is 1. The summed E-state index contributed by atoms with van der Waals surface area (Å²) in [4.78, 5) is 25.9. The van der Waals surface area contributed by atoms with E-state index in [1.165, 1.54) is 6.33 Å². The fourth-order valence-electron chi connectivity index (χ4n) is 3.23. The van der Waals surface area contributed by atoms with E-state index in [1.54, 1.807) is 43.3 Å². The maximum atomic E-state index is 12.7. The Balaban J connectivity index is 1.52. The van der Waals surface area contributed by atoms with Crippen LogP contribution >= 0.6 is 0 Å². The summed E-state index contributed by atoms with van der Waals surface area (Å²) >= 11 is 0. The van der Waals surface area contributed by atoms with E-state index >= 15 is 0 Å². The molecule has 4 rings (SSSR count). The third-order valence-electron chi connectivity index (χ3n) is 5.07. The number of benzene rings is 1. The maximum absolute atomic E-state index is 12.7. The molecule has 10 nitrogen and oxygen atoms in total. The Labute approximate surface area is 197 Å². The van der Waals surface area contributed by atoms with E-state index in [-0.39, 0.29) is 17.0 Å². The van der Waals surface area contributed by atoms with Crippen LogP contribution in [0.2, 0.25) is 0 Å². The summed E-state index contributed by atoms with van der Waals surface area (Å²) < 4.78 is 17.7. The molecule has 0 saturated carbocycles. The maximum Gasteiger partial charge on any atom is 0.271 e. The van der Waals surface area contributed by atoms with Crippen molar-refractivity contribution in [2.24, 2.45) is 0 Å². The van der Waals surface area contributed by atoms with Gasteiger partial charge in [-0.15, -0.1) is 0 Å². The van der Waals surface area contributed by atoms with Crippen LogP contribution in [0.25, 0.3) is 17.3 Å². The Morgan fingerprint density at radius 3 is 2.62 bits per heavy atom. The lowest BCUT2D eigenvalue weighted by atomic mass is 9.96. The molecule has 34 heavy (non-hydrogen) atoms. The number of ether oxygens (including phenoxy) is 2. The molecule has 0 atom stereocenters. The van der Waals surface area contributed by atoms with Gasteiger partial charge in [0, 0.05) is 24.4 Å². The van der Waals surface area contributed by atoms with Crippen molar-refractivity contribution >= 4 is 5.91 Å². The normalized spacial score (nSPS) is 11.3. The van der Waals surface area contributed by atoms with Crippen LogP contribution in [0.1, 0.15) is 42.6 Å². The first kappa shape index (κ1) is 23.0. The molecular weight excluding hydrogens is 436 g/mol. The van der Waals surface area contributed by atoms with Crippen LogP contribution in [0.4, 0.5) is 0 Å². The Morgan fingerprint density at radius 1 is 1.12 bits per heavy atom. The van der Waals surface area contributed by atoms with Gasteiger partial charge in [-0.3, -0.25) is 9.36 Å². The number of rotatable bonds is 7. The number of amides is 1. The molecule has 0 unspecified atom stereocenters. The van der Waals surface area contributed by atoms with Crippen LogP contribution in [0.5, 0.6) is 11.5 Å². The van der Waals surface area contributed by atoms with Gasteiger partial charge in [0.05, 0.1) is 19.8 Å². The average Bonchev–Trinajstić information content (AvgIpc) is 3.52. The first-order chi connectivity index (χ1) is 16.3. The van der Waals surface area contributed by atoms with Crippen molar-refractivity contribution in [1.29, 1.82) is 0 Å². The van der Waals surface area contributed by atoms with Crippen molar-refractivity contribution in [3.63, 3.8) is 0 Å². The SMILES string of the molecule is COc1ccc(CNC(=O)c2cn(-c3ncccc3-c3nc(C(C)(C)C)no3)cn2)cc1OC. The molecule has 0 bridgehead atoms. The van der Waals surface area contributed by atoms with Crippen molar-refractivity contribution in [3.8, 4) is 28.8 Å². The first-order valence-electron chi connectivity index (χ1n) is 10.6. The van der Waals surface area contributed by atoms with E-state index in [0.717, 1.165) is 5.56 Å². The summed E-state index contributed by atoms with van der Waals surface area (Å²) in [6.07, 6.45) is 4.78. The van der Waals surface area contributed by atoms with Crippen molar-refractivity contribution in [2.45, 2.75) is 32.7 Å². The highest BCUT2D eigenvalue weighted by molar-refractivity contribution is 5.92. The van der Waals surface area contributed by atoms with Gasteiger partial charge in [-0.1, -0.05) is 32.0 Å². The number of aromatic nitrogens is 5. The molecule has 0 aliphatic rings. The second kappa shape index (κ2) is 9.34. The van der Waals surface area contributed by atoms with Crippen LogP contribution in [0, 0.1) is 0 Å². The van der Waals surface area contributed by atoms with Crippen molar-refractivity contribution in [2.75, 3.05) is 14.2 Å². The van der Waals surface area contributed by atoms with E-state index in [0.29, 0.717) is 41.1 Å². The molecular formula is C24H26N6O4. The Bertz CT molecular complexity index is 1300. The number of methoxy groups -OCH3 is 2. The zero-order chi connectivity index (χ0) is 24.3. The highest BCUT2D eigenvalue weighted by atomic mass is 16.5. The topological polar surface area (TPSA) is 117 Å². The second-order valence-electron chi connectivity index (χ2n) is 8.59. The molecule has 0 spiro atoms. The van der Waals surface area contributed by atoms with E-state index in [4.69, 9.17) is 14.0 Å². The largest absolute Gasteiger partial charge is 0.493 e. The van der Waals surface area contributed by atoms with Crippen LogP contribution in [0.15, 0.2) is 53.6 Å². The molecule has 1 aromatic carbocycles. The Kier molecular flexibility index (Phi) is 6.31. The van der Waals surface area contributed by atoms with E-state index in [9.17, 15) is 4.79 Å². The number of imidazole rings is 1. The predicted molar refractivity (Wildman–Crippen MR) is 124 cm³/mol. The average molecular weight is 463 g/mol. The highest BCUT2D eigenvalue weighted by Gasteiger charge is 2.23. The molecule has 176 valence electrons. The van der Waals surface area contributed by atoms with Gasteiger partial charge in [-0.2, -0.15) is 4.98 Å². The van der Waals surface area contributed by atoms with Gasteiger partial charge >= 0.3 is 0 Å². The standard InChI is InChI=1S/C24H26N6O4/c1-24(2,3)23-28-22(34-29-23)16-7-6-10-25-20(16)30-13-17(27-14-30)21(31)26-12-15-8-9-18(32-4)19(11-15)33-5/h6-11,13-14H,12H2,1-5H3,(H,26,31).